The van der Waals surface area contributed by atoms with Gasteiger partial charge in [0.25, 0.3) is 0 Å². The zero-order chi connectivity index (χ0) is 28.0. The van der Waals surface area contributed by atoms with Crippen LogP contribution in [0.15, 0.2) is 36.4 Å². The molecule has 3 aromatic rings. The molecule has 5 heterocycles. The van der Waals surface area contributed by atoms with Gasteiger partial charge in [-0.2, -0.15) is 5.01 Å². The molecule has 2 aliphatic heterocycles. The second-order valence-electron chi connectivity index (χ2n) is 12.0. The van der Waals surface area contributed by atoms with Crippen LogP contribution in [0.4, 0.5) is 0 Å². The molecule has 11 heteroatoms. The maximum Gasteiger partial charge on any atom is 0.0487 e. The van der Waals surface area contributed by atoms with Crippen molar-refractivity contribution in [2.24, 2.45) is 0 Å². The number of aromatic amines is 2. The molecule has 0 spiro atoms. The Kier molecular flexibility index (Phi) is 7.73. The van der Waals surface area contributed by atoms with E-state index in [4.69, 9.17) is 49.0 Å². The third-order valence-corrected chi connectivity index (χ3v) is 7.30. The first kappa shape index (κ1) is 28.6. The molecule has 2 N–H and O–H groups in total. The summed E-state index contributed by atoms with van der Waals surface area (Å²) in [4.78, 5) is 17.2. The zero-order valence-corrected chi connectivity index (χ0v) is 23.3. The Bertz CT molecular complexity index is 1400. The van der Waals surface area contributed by atoms with Crippen LogP contribution in [0.25, 0.3) is 22.1 Å². The predicted molar refractivity (Wildman–Crippen MR) is 167 cm³/mol. The average molecular weight is 486 g/mol. The molecule has 179 valence electrons. The number of nitrogens with one attached hydrogen (secondary N) is 2. The van der Waals surface area contributed by atoms with E-state index in [1.54, 1.807) is 0 Å². The fourth-order valence-corrected chi connectivity index (χ4v) is 4.86. The zero-order valence-electron chi connectivity index (χ0n) is 23.3. The highest BCUT2D eigenvalue weighted by Crippen LogP contribution is 2.33. The maximum atomic E-state index is 5.19. The summed E-state index contributed by atoms with van der Waals surface area (Å²) in [7, 11) is 26.6. The van der Waals surface area contributed by atoms with E-state index in [0.717, 1.165) is 64.7 Å². The predicted octanol–water partition coefficient (Wildman–Crippen LogP) is 3.52. The van der Waals surface area contributed by atoms with Crippen molar-refractivity contribution in [1.82, 2.24) is 19.9 Å². The third kappa shape index (κ3) is 6.24. The maximum absolute atomic E-state index is 5.19. The summed E-state index contributed by atoms with van der Waals surface area (Å²) >= 11 is 0. The van der Waals surface area contributed by atoms with E-state index in [0.29, 0.717) is 0 Å². The first-order valence-corrected chi connectivity index (χ1v) is 12.9. The van der Waals surface area contributed by atoms with Crippen LogP contribution in [0, 0.1) is 13.8 Å². The monoisotopic (exact) mass is 487 g/mol. The summed E-state index contributed by atoms with van der Waals surface area (Å²) in [5.41, 5.74) is 11.5. The Morgan fingerprint density at radius 1 is 0.763 bits per heavy atom. The van der Waals surface area contributed by atoms with Crippen LogP contribution in [0.3, 0.4) is 0 Å². The topological polar surface area (TPSA) is 57.4 Å². The van der Waals surface area contributed by atoms with Crippen LogP contribution in [0.1, 0.15) is 61.6 Å². The van der Waals surface area contributed by atoms with Crippen molar-refractivity contribution in [3.8, 4) is 0 Å². The molecule has 0 fully saturated rings. The molecule has 0 saturated carbocycles. The number of aryl methyl sites for hydroxylation is 2. The second-order valence-corrected chi connectivity index (χ2v) is 12.0. The molecule has 8 bridgehead atoms. The van der Waals surface area contributed by atoms with E-state index in [-0.39, 0.29) is 10.8 Å². The molecule has 2 aliphatic rings. The van der Waals surface area contributed by atoms with E-state index in [1.807, 2.05) is 0 Å². The molecule has 4 nitrogen and oxygen atoms in total. The Morgan fingerprint density at radius 2 is 1.16 bits per heavy atom. The summed E-state index contributed by atoms with van der Waals surface area (Å²) < 4.78 is 0. The van der Waals surface area contributed by atoms with Crippen LogP contribution >= 0.6 is 0 Å². The number of hydrogen-bond acceptors (Lipinski definition) is 2. The van der Waals surface area contributed by atoms with Crippen LogP contribution in [-0.2, 0) is 23.7 Å². The van der Waals surface area contributed by atoms with E-state index >= 15 is 0 Å². The normalized spacial score (nSPS) is 15.8. The Hall–Kier alpha value is -2.43. The van der Waals surface area contributed by atoms with Gasteiger partial charge in [-0.25, -0.2) is 0 Å². The summed E-state index contributed by atoms with van der Waals surface area (Å²) in [5, 5.41) is -1.39. The molecular weight excluding hydrogens is 456 g/mol. The van der Waals surface area contributed by atoms with Gasteiger partial charge in [0.05, 0.1) is 0 Å². The van der Waals surface area contributed by atoms with Gasteiger partial charge < -0.3 is 9.97 Å². The van der Waals surface area contributed by atoms with E-state index in [2.05, 4.69) is 87.9 Å². The lowest BCUT2D eigenvalue weighted by atomic mass is 8.91. The Labute approximate surface area is 234 Å². The lowest BCUT2D eigenvalue weighted by molar-refractivity contribution is 0.543. The molecule has 38 heavy (non-hydrogen) atoms. The van der Waals surface area contributed by atoms with Gasteiger partial charge in [0, 0.05) is 121 Å². The summed E-state index contributed by atoms with van der Waals surface area (Å²) in [5.74, 6) is 0. The minimum atomic E-state index is -1.39. The molecule has 11 radical (unpaired) electrons. The highest BCUT2D eigenvalue weighted by atomic mass is 14.8. The van der Waals surface area contributed by atoms with Crippen molar-refractivity contribution in [3.63, 3.8) is 0 Å². The Morgan fingerprint density at radius 3 is 1.47 bits per heavy atom. The molecular formula is C27H30B7N4. The van der Waals surface area contributed by atoms with Crippen molar-refractivity contribution >= 4 is 74.6 Å². The summed E-state index contributed by atoms with van der Waals surface area (Å²) in [6.07, 6.45) is 1.87. The van der Waals surface area contributed by atoms with Gasteiger partial charge in [-0.1, -0.05) is 27.7 Å². The molecule has 3 aromatic heterocycles. The molecule has 0 aromatic carbocycles. The third-order valence-electron chi connectivity index (χ3n) is 7.30. The van der Waals surface area contributed by atoms with E-state index in [1.165, 1.54) is 11.1 Å². The van der Waals surface area contributed by atoms with Gasteiger partial charge in [0.1, 0.15) is 0 Å². The van der Waals surface area contributed by atoms with Crippen LogP contribution in [-0.4, -0.2) is 72.5 Å². The quantitative estimate of drug-likeness (QED) is 0.545. The number of rotatable bonds is 2. The van der Waals surface area contributed by atoms with Crippen LogP contribution in [0.5, 0.6) is 0 Å². The van der Waals surface area contributed by atoms with Gasteiger partial charge in [-0.05, 0) is 61.4 Å². The SMILES string of the molecule is Cc1cc2cc3nc(cc4[nH]c(cc5nc(cc1[nH]2)C(C)(C)C5)cc4C)C(C)(C)C3.[B][B]B([B])C([B])([B])[B]. The second kappa shape index (κ2) is 10.3. The Balaban J connectivity index is 0.000000368. The van der Waals surface area contributed by atoms with Gasteiger partial charge in [0.15, 0.2) is 0 Å². The van der Waals surface area contributed by atoms with Crippen LogP contribution in [0.2, 0.25) is 5.01 Å². The van der Waals surface area contributed by atoms with Gasteiger partial charge >= 0.3 is 0 Å². The molecule has 0 unspecified atom stereocenters. The minimum Gasteiger partial charge on any atom is -0.355 e. The summed E-state index contributed by atoms with van der Waals surface area (Å²) in [6, 6.07) is 13.2. The highest BCUT2D eigenvalue weighted by Gasteiger charge is 2.29. The van der Waals surface area contributed by atoms with E-state index in [9.17, 15) is 0 Å². The number of H-pyrrole nitrogens is 2. The first-order chi connectivity index (χ1) is 17.6. The van der Waals surface area contributed by atoms with E-state index < -0.39 is 11.5 Å². The van der Waals surface area contributed by atoms with Gasteiger partial charge in [-0.3, -0.25) is 9.97 Å². The van der Waals surface area contributed by atoms with Crippen molar-refractivity contribution in [2.45, 2.75) is 70.2 Å². The standard InChI is InChI=1S/C26H30N4.CB7/c1-15-7-17-9-19-13-26(5,6)24(30-19)12-22-16(2)8-18(28-22)10-20-14-25(3,4)23(29-20)11-21(15)27-17;2-1(3,4)8(6)7-5/h7-12,27-28H,13-14H2,1-6H3;. The largest absolute Gasteiger partial charge is 0.355 e. The average Bonchev–Trinajstić information content (AvgIpc) is 3.47. The smallest absolute Gasteiger partial charge is 0.0487 e. The van der Waals surface area contributed by atoms with Crippen molar-refractivity contribution in [2.75, 3.05) is 0 Å². The molecule has 0 aliphatic carbocycles. The lowest BCUT2D eigenvalue weighted by Gasteiger charge is -2.25. The number of nitrogens with zero attached hydrogens (tertiary/aromatic N) is 2. The number of fused-ring (bicyclic) bond motifs is 8. The lowest BCUT2D eigenvalue weighted by Crippen LogP contribution is -2.40. The fourth-order valence-electron chi connectivity index (χ4n) is 4.86. The molecule has 0 atom stereocenters. The number of hydrogen-bond donors (Lipinski definition) is 2. The number of aromatic nitrogens is 4. The van der Waals surface area contributed by atoms with Gasteiger partial charge in [0.2, 0.25) is 0 Å². The fraction of sp³-hybridized carbons (Fsp3) is 0.407. The minimum absolute atomic E-state index is 0.0147. The molecule has 0 amide bonds. The first-order valence-electron chi connectivity index (χ1n) is 12.9. The highest BCUT2D eigenvalue weighted by molar-refractivity contribution is 7.50. The summed E-state index contributed by atoms with van der Waals surface area (Å²) in [6.45, 7) is 12.7. The van der Waals surface area contributed by atoms with Gasteiger partial charge in [-0.15, -0.1) is 0 Å². The molecule has 0 saturated heterocycles. The van der Waals surface area contributed by atoms with Crippen molar-refractivity contribution < 1.29 is 0 Å². The van der Waals surface area contributed by atoms with Crippen molar-refractivity contribution in [3.05, 3.63) is 70.3 Å². The van der Waals surface area contributed by atoms with Crippen molar-refractivity contribution in [1.29, 1.82) is 0 Å². The molecule has 5 rings (SSSR count). The van der Waals surface area contributed by atoms with Crippen LogP contribution < -0.4 is 0 Å².